The molecule has 0 aromatic heterocycles. The average Bonchev–Trinajstić information content (AvgIpc) is 2.81. The SMILES string of the molecule is CSC1C(=O)Nc2ccc(-c3ccccc3[N+](=O)[O-])cc21. The molecule has 21 heavy (non-hydrogen) atoms. The molecule has 6 heteroatoms. The van der Waals surface area contributed by atoms with E-state index in [0.717, 1.165) is 16.8 Å². The molecule has 0 bridgehead atoms. The summed E-state index contributed by atoms with van der Waals surface area (Å²) in [5.41, 5.74) is 3.03. The third-order valence-corrected chi connectivity index (χ3v) is 4.42. The minimum Gasteiger partial charge on any atom is -0.325 e. The average molecular weight is 300 g/mol. The Labute approximate surface area is 125 Å². The van der Waals surface area contributed by atoms with Crippen molar-refractivity contribution in [1.82, 2.24) is 0 Å². The number of rotatable bonds is 3. The number of nitro groups is 1. The molecule has 1 N–H and O–H groups in total. The molecule has 1 unspecified atom stereocenters. The summed E-state index contributed by atoms with van der Waals surface area (Å²) >= 11 is 1.45. The Morgan fingerprint density at radius 3 is 2.71 bits per heavy atom. The van der Waals surface area contributed by atoms with Gasteiger partial charge in [0.2, 0.25) is 5.91 Å². The number of para-hydroxylation sites is 1. The molecule has 2 aromatic carbocycles. The van der Waals surface area contributed by atoms with Gasteiger partial charge in [-0.15, -0.1) is 11.8 Å². The van der Waals surface area contributed by atoms with Gasteiger partial charge < -0.3 is 5.32 Å². The van der Waals surface area contributed by atoms with E-state index in [1.165, 1.54) is 17.8 Å². The Bertz CT molecular complexity index is 745. The van der Waals surface area contributed by atoms with Crippen LogP contribution in [0.4, 0.5) is 11.4 Å². The molecule has 0 saturated carbocycles. The van der Waals surface area contributed by atoms with Gasteiger partial charge in [-0.25, -0.2) is 0 Å². The molecule has 1 atom stereocenters. The lowest BCUT2D eigenvalue weighted by molar-refractivity contribution is -0.384. The van der Waals surface area contributed by atoms with Gasteiger partial charge in [0, 0.05) is 11.8 Å². The van der Waals surface area contributed by atoms with Crippen molar-refractivity contribution in [2.24, 2.45) is 0 Å². The van der Waals surface area contributed by atoms with E-state index in [1.807, 2.05) is 12.3 Å². The molecule has 0 fully saturated rings. The van der Waals surface area contributed by atoms with Gasteiger partial charge >= 0.3 is 0 Å². The van der Waals surface area contributed by atoms with Crippen LogP contribution in [0.15, 0.2) is 42.5 Å². The number of nitrogens with zero attached hydrogens (tertiary/aromatic N) is 1. The van der Waals surface area contributed by atoms with Gasteiger partial charge in [-0.2, -0.15) is 0 Å². The fourth-order valence-electron chi connectivity index (χ4n) is 2.51. The Kier molecular flexibility index (Phi) is 3.39. The van der Waals surface area contributed by atoms with Crippen LogP contribution in [0.3, 0.4) is 0 Å². The monoisotopic (exact) mass is 300 g/mol. The van der Waals surface area contributed by atoms with Crippen molar-refractivity contribution < 1.29 is 9.72 Å². The molecule has 106 valence electrons. The van der Waals surface area contributed by atoms with Crippen molar-refractivity contribution in [1.29, 1.82) is 0 Å². The first-order chi connectivity index (χ1) is 10.1. The summed E-state index contributed by atoms with van der Waals surface area (Å²) in [4.78, 5) is 22.6. The minimum absolute atomic E-state index is 0.0442. The Balaban J connectivity index is 2.13. The van der Waals surface area contributed by atoms with Gasteiger partial charge in [-0.05, 0) is 35.6 Å². The minimum atomic E-state index is -0.391. The van der Waals surface area contributed by atoms with Crippen molar-refractivity contribution >= 4 is 29.0 Å². The fourth-order valence-corrected chi connectivity index (χ4v) is 3.23. The largest absolute Gasteiger partial charge is 0.325 e. The number of fused-ring (bicyclic) bond motifs is 1. The van der Waals surface area contributed by atoms with E-state index in [9.17, 15) is 14.9 Å². The predicted octanol–water partition coefficient (Wildman–Crippen LogP) is 3.62. The van der Waals surface area contributed by atoms with Crippen LogP contribution in [0.1, 0.15) is 10.8 Å². The van der Waals surface area contributed by atoms with Crippen molar-refractivity contribution in [3.63, 3.8) is 0 Å². The second-order valence-electron chi connectivity index (χ2n) is 4.68. The fraction of sp³-hybridized carbons (Fsp3) is 0.133. The van der Waals surface area contributed by atoms with E-state index in [1.54, 1.807) is 30.3 Å². The quantitative estimate of drug-likeness (QED) is 0.694. The smallest absolute Gasteiger partial charge is 0.277 e. The van der Waals surface area contributed by atoms with Crippen molar-refractivity contribution in [3.05, 3.63) is 58.1 Å². The van der Waals surface area contributed by atoms with Crippen molar-refractivity contribution in [2.75, 3.05) is 11.6 Å². The number of benzene rings is 2. The number of nitro benzene ring substituents is 1. The number of nitrogens with one attached hydrogen (secondary N) is 1. The Morgan fingerprint density at radius 1 is 1.24 bits per heavy atom. The molecule has 0 aliphatic carbocycles. The highest BCUT2D eigenvalue weighted by Crippen LogP contribution is 2.41. The van der Waals surface area contributed by atoms with Crippen LogP contribution >= 0.6 is 11.8 Å². The predicted molar refractivity (Wildman–Crippen MR) is 83.4 cm³/mol. The summed E-state index contributed by atoms with van der Waals surface area (Å²) in [6.07, 6.45) is 1.87. The maximum atomic E-state index is 11.8. The van der Waals surface area contributed by atoms with Crippen molar-refractivity contribution in [2.45, 2.75) is 5.25 Å². The number of carbonyl (C=O) groups excluding carboxylic acids is 1. The van der Waals surface area contributed by atoms with Gasteiger partial charge in [0.15, 0.2) is 0 Å². The summed E-state index contributed by atoms with van der Waals surface area (Å²) in [5, 5.41) is 13.7. The molecule has 0 spiro atoms. The van der Waals surface area contributed by atoms with Crippen molar-refractivity contribution in [3.8, 4) is 11.1 Å². The molecule has 1 aliphatic rings. The van der Waals surface area contributed by atoms with Crippen LogP contribution in [-0.2, 0) is 4.79 Å². The van der Waals surface area contributed by atoms with Crippen LogP contribution in [-0.4, -0.2) is 17.1 Å². The first kappa shape index (κ1) is 13.6. The lowest BCUT2D eigenvalue weighted by Crippen LogP contribution is -2.08. The normalized spacial score (nSPS) is 16.4. The van der Waals surface area contributed by atoms with Crippen LogP contribution in [0.2, 0.25) is 0 Å². The maximum absolute atomic E-state index is 11.8. The van der Waals surface area contributed by atoms with Crippen LogP contribution in [0.5, 0.6) is 0 Å². The highest BCUT2D eigenvalue weighted by Gasteiger charge is 2.30. The molecule has 1 aliphatic heterocycles. The van der Waals surface area contributed by atoms with E-state index in [2.05, 4.69) is 5.32 Å². The molecule has 0 saturated heterocycles. The van der Waals surface area contributed by atoms with Gasteiger partial charge in [-0.3, -0.25) is 14.9 Å². The van der Waals surface area contributed by atoms with E-state index in [4.69, 9.17) is 0 Å². The molecule has 1 amide bonds. The lowest BCUT2D eigenvalue weighted by atomic mass is 10.00. The number of thioether (sulfide) groups is 1. The van der Waals surface area contributed by atoms with E-state index in [0.29, 0.717) is 5.56 Å². The highest BCUT2D eigenvalue weighted by molar-refractivity contribution is 7.99. The van der Waals surface area contributed by atoms with E-state index < -0.39 is 4.92 Å². The van der Waals surface area contributed by atoms with Crippen LogP contribution < -0.4 is 5.32 Å². The third-order valence-electron chi connectivity index (χ3n) is 3.48. The second kappa shape index (κ2) is 5.21. The molecule has 2 aromatic rings. The topological polar surface area (TPSA) is 72.2 Å². The van der Waals surface area contributed by atoms with E-state index in [-0.39, 0.29) is 16.8 Å². The molecule has 3 rings (SSSR count). The number of hydrogen-bond acceptors (Lipinski definition) is 4. The molecule has 5 nitrogen and oxygen atoms in total. The van der Waals surface area contributed by atoms with Crippen LogP contribution in [0, 0.1) is 10.1 Å². The summed E-state index contributed by atoms with van der Waals surface area (Å²) in [6.45, 7) is 0. The molecular formula is C15H12N2O3S. The molecular weight excluding hydrogens is 288 g/mol. The third kappa shape index (κ3) is 2.27. The highest BCUT2D eigenvalue weighted by atomic mass is 32.2. The summed E-state index contributed by atoms with van der Waals surface area (Å²) in [6, 6.07) is 12.1. The first-order valence-corrected chi connectivity index (χ1v) is 7.62. The summed E-state index contributed by atoms with van der Waals surface area (Å²) in [5.74, 6) is -0.0442. The molecule has 0 radical (unpaired) electrons. The lowest BCUT2D eigenvalue weighted by Gasteiger charge is -2.08. The molecule has 1 heterocycles. The zero-order chi connectivity index (χ0) is 15.0. The second-order valence-corrected chi connectivity index (χ2v) is 5.62. The van der Waals surface area contributed by atoms with Gasteiger partial charge in [-0.1, -0.05) is 18.2 Å². The Hall–Kier alpha value is -2.34. The summed E-state index contributed by atoms with van der Waals surface area (Å²) in [7, 11) is 0. The van der Waals surface area contributed by atoms with Gasteiger partial charge in [0.05, 0.1) is 10.5 Å². The Morgan fingerprint density at radius 2 is 2.00 bits per heavy atom. The zero-order valence-corrected chi connectivity index (χ0v) is 12.0. The summed E-state index contributed by atoms with van der Waals surface area (Å²) < 4.78 is 0. The number of hydrogen-bond donors (Lipinski definition) is 1. The standard InChI is InChI=1S/C15H12N2O3S/c1-21-14-11-8-9(6-7-12(11)16-15(14)18)10-4-2-3-5-13(10)17(19)20/h2-8,14H,1H3,(H,16,18). The number of anilines is 1. The van der Waals surface area contributed by atoms with Crippen LogP contribution in [0.25, 0.3) is 11.1 Å². The maximum Gasteiger partial charge on any atom is 0.277 e. The number of amides is 1. The van der Waals surface area contributed by atoms with E-state index >= 15 is 0 Å². The van der Waals surface area contributed by atoms with Gasteiger partial charge in [0.25, 0.3) is 5.69 Å². The zero-order valence-electron chi connectivity index (χ0n) is 11.2. The number of carbonyl (C=O) groups is 1. The first-order valence-electron chi connectivity index (χ1n) is 6.33. The van der Waals surface area contributed by atoms with Gasteiger partial charge in [0.1, 0.15) is 5.25 Å².